The van der Waals surface area contributed by atoms with Gasteiger partial charge >= 0.3 is 0 Å². The zero-order valence-corrected chi connectivity index (χ0v) is 17.3. The molecule has 0 saturated carbocycles. The van der Waals surface area contributed by atoms with E-state index in [-0.39, 0.29) is 30.5 Å². The molecule has 2 aromatic carbocycles. The van der Waals surface area contributed by atoms with Gasteiger partial charge in [0.1, 0.15) is 11.6 Å². The minimum absolute atomic E-state index is 0.0491. The summed E-state index contributed by atoms with van der Waals surface area (Å²) in [5.74, 6) is 0.592. The number of methoxy groups -OCH3 is 1. The fraction of sp³-hybridized carbons (Fsp3) is 0.381. The smallest absolute Gasteiger partial charge is 0.193 e. The van der Waals surface area contributed by atoms with E-state index in [4.69, 9.17) is 26.8 Å². The van der Waals surface area contributed by atoms with Crippen LogP contribution >= 0.6 is 11.6 Å². The Balaban J connectivity index is 1.81. The van der Waals surface area contributed by atoms with E-state index in [1.165, 1.54) is 6.07 Å². The lowest BCUT2D eigenvalue weighted by atomic mass is 10.0. The second-order valence-electron chi connectivity index (χ2n) is 6.91. The Morgan fingerprint density at radius 2 is 2.21 bits per heavy atom. The topological polar surface area (TPSA) is 72.1 Å². The second-order valence-corrected chi connectivity index (χ2v) is 7.32. The first-order valence-electron chi connectivity index (χ1n) is 9.48. The third-order valence-corrected chi connectivity index (χ3v) is 5.15. The molecule has 0 spiro atoms. The fourth-order valence-corrected chi connectivity index (χ4v) is 3.71. The maximum Gasteiger partial charge on any atom is 0.193 e. The number of anilines is 1. The molecular formula is C21H26ClFN4O2. The Morgan fingerprint density at radius 1 is 1.41 bits per heavy atom. The van der Waals surface area contributed by atoms with Crippen LogP contribution in [0.2, 0.25) is 5.02 Å². The van der Waals surface area contributed by atoms with Gasteiger partial charge in [-0.25, -0.2) is 4.39 Å². The van der Waals surface area contributed by atoms with Crippen LogP contribution in [0.3, 0.4) is 0 Å². The Hall–Kier alpha value is -2.35. The highest BCUT2D eigenvalue weighted by molar-refractivity contribution is 6.31. The number of guanidine groups is 1. The molecule has 0 bridgehead atoms. The molecule has 2 atom stereocenters. The van der Waals surface area contributed by atoms with E-state index in [1.54, 1.807) is 19.2 Å². The van der Waals surface area contributed by atoms with E-state index in [9.17, 15) is 4.39 Å². The van der Waals surface area contributed by atoms with Crippen molar-refractivity contribution in [2.45, 2.75) is 19.1 Å². The summed E-state index contributed by atoms with van der Waals surface area (Å²) in [6.07, 6.45) is 0.0491. The highest BCUT2D eigenvalue weighted by Gasteiger charge is 2.29. The lowest BCUT2D eigenvalue weighted by Gasteiger charge is -2.37. The van der Waals surface area contributed by atoms with Gasteiger partial charge in [0.25, 0.3) is 0 Å². The van der Waals surface area contributed by atoms with E-state index in [0.717, 1.165) is 5.69 Å². The Morgan fingerprint density at radius 3 is 2.93 bits per heavy atom. The van der Waals surface area contributed by atoms with Crippen molar-refractivity contribution in [2.75, 3.05) is 38.7 Å². The molecule has 156 valence electrons. The molecule has 1 fully saturated rings. The van der Waals surface area contributed by atoms with E-state index >= 15 is 0 Å². The molecule has 1 heterocycles. The third-order valence-electron chi connectivity index (χ3n) is 4.82. The normalized spacial score (nSPS) is 19.0. The molecule has 2 aromatic rings. The monoisotopic (exact) mass is 420 g/mol. The van der Waals surface area contributed by atoms with Gasteiger partial charge < -0.3 is 20.5 Å². The Kier molecular flexibility index (Phi) is 7.30. The van der Waals surface area contributed by atoms with Crippen molar-refractivity contribution >= 4 is 23.2 Å². The number of nitrogens with one attached hydrogen (secondary N) is 1. The molecule has 0 radical (unpaired) electrons. The molecule has 3 N–H and O–H groups in total. The summed E-state index contributed by atoms with van der Waals surface area (Å²) in [6.45, 7) is 4.15. The summed E-state index contributed by atoms with van der Waals surface area (Å²) in [5, 5.41) is 3.42. The molecule has 1 aliphatic heterocycles. The summed E-state index contributed by atoms with van der Waals surface area (Å²) >= 11 is 6.35. The van der Waals surface area contributed by atoms with Gasteiger partial charge in [0, 0.05) is 35.4 Å². The van der Waals surface area contributed by atoms with Crippen LogP contribution in [0.4, 0.5) is 10.1 Å². The molecule has 29 heavy (non-hydrogen) atoms. The minimum Gasteiger partial charge on any atom is -0.497 e. The first-order chi connectivity index (χ1) is 14.0. The molecule has 8 heteroatoms. The average molecular weight is 421 g/mol. The van der Waals surface area contributed by atoms with Crippen LogP contribution in [0.25, 0.3) is 0 Å². The van der Waals surface area contributed by atoms with Crippen molar-refractivity contribution in [3.63, 3.8) is 0 Å². The summed E-state index contributed by atoms with van der Waals surface area (Å²) in [6, 6.07) is 11.7. The van der Waals surface area contributed by atoms with Crippen LogP contribution in [0.1, 0.15) is 18.5 Å². The maximum atomic E-state index is 14.7. The van der Waals surface area contributed by atoms with Crippen LogP contribution in [0.5, 0.6) is 5.75 Å². The van der Waals surface area contributed by atoms with Gasteiger partial charge in [-0.05, 0) is 31.2 Å². The zero-order chi connectivity index (χ0) is 20.8. The molecule has 1 aliphatic rings. The molecule has 0 aromatic heterocycles. The lowest BCUT2D eigenvalue weighted by Crippen LogP contribution is -2.44. The summed E-state index contributed by atoms with van der Waals surface area (Å²) in [5.41, 5.74) is 7.27. The predicted octanol–water partition coefficient (Wildman–Crippen LogP) is 3.68. The van der Waals surface area contributed by atoms with Gasteiger partial charge in [0.15, 0.2) is 5.96 Å². The Bertz CT molecular complexity index is 844. The van der Waals surface area contributed by atoms with Crippen molar-refractivity contribution < 1.29 is 13.9 Å². The van der Waals surface area contributed by atoms with Gasteiger partial charge in [-0.2, -0.15) is 0 Å². The summed E-state index contributed by atoms with van der Waals surface area (Å²) < 4.78 is 25.5. The van der Waals surface area contributed by atoms with Gasteiger partial charge in [0.2, 0.25) is 0 Å². The standard InChI is InChI=1S/C21H26ClFN4O2/c1-14-13-27(9-10-29-14)19(20-17(22)7-4-8-18(20)23)12-25-21(24)26-15-5-3-6-16(11-15)28-2/h3-8,11,14,19H,9-10,12-13H2,1-2H3,(H3,24,25,26). The van der Waals surface area contributed by atoms with Crippen molar-refractivity contribution in [3.8, 4) is 5.75 Å². The van der Waals surface area contributed by atoms with Crippen molar-refractivity contribution in [1.82, 2.24) is 4.90 Å². The fourth-order valence-electron chi connectivity index (χ4n) is 3.42. The van der Waals surface area contributed by atoms with Gasteiger partial charge in [0.05, 0.1) is 32.4 Å². The molecule has 6 nitrogen and oxygen atoms in total. The molecule has 3 rings (SSSR count). The van der Waals surface area contributed by atoms with Gasteiger partial charge in [-0.15, -0.1) is 0 Å². The summed E-state index contributed by atoms with van der Waals surface area (Å²) in [4.78, 5) is 6.61. The van der Waals surface area contributed by atoms with Crippen molar-refractivity contribution in [2.24, 2.45) is 10.7 Å². The van der Waals surface area contributed by atoms with Crippen molar-refractivity contribution in [1.29, 1.82) is 0 Å². The first-order valence-corrected chi connectivity index (χ1v) is 9.86. The molecule has 0 aliphatic carbocycles. The van der Waals surface area contributed by atoms with E-state index in [0.29, 0.717) is 36.0 Å². The van der Waals surface area contributed by atoms with Crippen LogP contribution in [0.15, 0.2) is 47.5 Å². The lowest BCUT2D eigenvalue weighted by molar-refractivity contribution is -0.0336. The number of ether oxygens (including phenoxy) is 2. The maximum absolute atomic E-state index is 14.7. The summed E-state index contributed by atoms with van der Waals surface area (Å²) in [7, 11) is 1.60. The Labute approximate surface area is 175 Å². The SMILES string of the molecule is COc1cccc(NC(N)=NCC(c2c(F)cccc2Cl)N2CCOC(C)C2)c1. The van der Waals surface area contributed by atoms with Crippen LogP contribution in [0, 0.1) is 5.82 Å². The highest BCUT2D eigenvalue weighted by Crippen LogP contribution is 2.31. The quantitative estimate of drug-likeness (QED) is 0.551. The number of aliphatic imine (C=N–C) groups is 1. The average Bonchev–Trinajstić information content (AvgIpc) is 2.70. The van der Waals surface area contributed by atoms with E-state index in [2.05, 4.69) is 15.2 Å². The van der Waals surface area contributed by atoms with Crippen molar-refractivity contribution in [3.05, 3.63) is 58.9 Å². The number of benzene rings is 2. The van der Waals surface area contributed by atoms with Gasteiger partial charge in [-0.3, -0.25) is 9.89 Å². The van der Waals surface area contributed by atoms with E-state index in [1.807, 2.05) is 31.2 Å². The number of hydrogen-bond donors (Lipinski definition) is 2. The molecular weight excluding hydrogens is 395 g/mol. The number of nitrogens with two attached hydrogens (primary N) is 1. The molecule has 1 saturated heterocycles. The first kappa shape index (κ1) is 21.4. The number of halogens is 2. The molecule has 2 unspecified atom stereocenters. The van der Waals surface area contributed by atoms with E-state index < -0.39 is 0 Å². The molecule has 0 amide bonds. The highest BCUT2D eigenvalue weighted by atomic mass is 35.5. The van der Waals surface area contributed by atoms with Gasteiger partial charge in [-0.1, -0.05) is 23.7 Å². The zero-order valence-electron chi connectivity index (χ0n) is 16.6. The predicted molar refractivity (Wildman–Crippen MR) is 114 cm³/mol. The third kappa shape index (κ3) is 5.59. The second kappa shape index (κ2) is 9.91. The van der Waals surface area contributed by atoms with Crippen LogP contribution in [-0.4, -0.2) is 50.3 Å². The van der Waals surface area contributed by atoms with Crippen LogP contribution in [-0.2, 0) is 4.74 Å². The largest absolute Gasteiger partial charge is 0.497 e. The number of morpholine rings is 1. The minimum atomic E-state index is -0.351. The number of rotatable bonds is 6. The van der Waals surface area contributed by atoms with Crippen LogP contribution < -0.4 is 15.8 Å². The number of nitrogens with zero attached hydrogens (tertiary/aromatic N) is 2. The number of hydrogen-bond acceptors (Lipinski definition) is 4.